The first-order valence-electron chi connectivity index (χ1n) is 3.63. The van der Waals surface area contributed by atoms with Gasteiger partial charge in [-0.2, -0.15) is 13.2 Å². The van der Waals surface area contributed by atoms with Gasteiger partial charge in [0.25, 0.3) is 0 Å². The van der Waals surface area contributed by atoms with Crippen molar-refractivity contribution < 1.29 is 18.3 Å². The Kier molecular flexibility index (Phi) is 2.56. The van der Waals surface area contributed by atoms with Gasteiger partial charge in [-0.15, -0.1) is 0 Å². The van der Waals surface area contributed by atoms with Crippen LogP contribution in [-0.2, 0) is 6.18 Å². The number of hydrogen-bond donors (Lipinski definition) is 1. The highest BCUT2D eigenvalue weighted by atomic mass is 19.4. The lowest BCUT2D eigenvalue weighted by molar-refractivity contribution is -0.141. The highest BCUT2D eigenvalue weighted by Gasteiger charge is 2.32. The molecule has 1 atom stereocenters. The average Bonchev–Trinajstić information content (AvgIpc) is 2.03. The fraction of sp³-hybridized carbons (Fsp3) is 0.375. The monoisotopic (exact) mass is 191 g/mol. The zero-order chi connectivity index (χ0) is 10.1. The predicted molar refractivity (Wildman–Crippen MR) is 39.9 cm³/mol. The summed E-state index contributed by atoms with van der Waals surface area (Å²) in [5.74, 6) is 0. The second-order valence-corrected chi connectivity index (χ2v) is 2.62. The van der Waals surface area contributed by atoms with Crippen molar-refractivity contribution in [3.05, 3.63) is 29.6 Å². The highest BCUT2D eigenvalue weighted by molar-refractivity contribution is 5.14. The third-order valence-corrected chi connectivity index (χ3v) is 1.49. The van der Waals surface area contributed by atoms with E-state index in [9.17, 15) is 13.2 Å². The summed E-state index contributed by atoms with van der Waals surface area (Å²) in [5, 5.41) is 8.98. The molecule has 72 valence electrons. The maximum absolute atomic E-state index is 12.1. The summed E-state index contributed by atoms with van der Waals surface area (Å²) in [7, 11) is 0. The molecule has 1 aromatic heterocycles. The predicted octanol–water partition coefficient (Wildman–Crippen LogP) is 2.15. The average molecular weight is 191 g/mol. The number of rotatable bonds is 1. The Morgan fingerprint density at radius 2 is 2.00 bits per heavy atom. The van der Waals surface area contributed by atoms with Crippen LogP contribution in [0.1, 0.15) is 24.4 Å². The van der Waals surface area contributed by atoms with Gasteiger partial charge in [0.05, 0.1) is 11.8 Å². The number of pyridine rings is 1. The van der Waals surface area contributed by atoms with E-state index in [1.807, 2.05) is 0 Å². The third kappa shape index (κ3) is 2.42. The van der Waals surface area contributed by atoms with Crippen LogP contribution in [0.3, 0.4) is 0 Å². The zero-order valence-electron chi connectivity index (χ0n) is 6.84. The maximum Gasteiger partial charge on any atom is 0.433 e. The Balaban J connectivity index is 3.06. The summed E-state index contributed by atoms with van der Waals surface area (Å²) >= 11 is 0. The fourth-order valence-corrected chi connectivity index (χ4v) is 0.842. The van der Waals surface area contributed by atoms with E-state index in [1.54, 1.807) is 0 Å². The zero-order valence-corrected chi connectivity index (χ0v) is 6.84. The molecule has 1 N–H and O–H groups in total. The second-order valence-electron chi connectivity index (χ2n) is 2.62. The SMILES string of the molecule is CC(O)c1cccc(C(F)(F)F)n1. The normalized spacial score (nSPS) is 14.2. The largest absolute Gasteiger partial charge is 0.433 e. The molecule has 0 radical (unpaired) electrons. The summed E-state index contributed by atoms with van der Waals surface area (Å²) < 4.78 is 36.3. The maximum atomic E-state index is 12.1. The van der Waals surface area contributed by atoms with E-state index in [-0.39, 0.29) is 5.69 Å². The van der Waals surface area contributed by atoms with Crippen molar-refractivity contribution in [2.45, 2.75) is 19.2 Å². The first kappa shape index (κ1) is 9.98. The molecule has 13 heavy (non-hydrogen) atoms. The van der Waals surface area contributed by atoms with Crippen LogP contribution in [0.4, 0.5) is 13.2 Å². The standard InChI is InChI=1S/C8H8F3NO/c1-5(13)6-3-2-4-7(12-6)8(9,10)11/h2-5,13H,1H3. The van der Waals surface area contributed by atoms with E-state index >= 15 is 0 Å². The Morgan fingerprint density at radius 3 is 2.46 bits per heavy atom. The van der Waals surface area contributed by atoms with Gasteiger partial charge in [-0.3, -0.25) is 0 Å². The van der Waals surface area contributed by atoms with E-state index in [2.05, 4.69) is 4.98 Å². The van der Waals surface area contributed by atoms with Crippen LogP contribution >= 0.6 is 0 Å². The van der Waals surface area contributed by atoms with E-state index in [0.717, 1.165) is 6.07 Å². The van der Waals surface area contributed by atoms with Crippen molar-refractivity contribution in [1.29, 1.82) is 0 Å². The van der Waals surface area contributed by atoms with Crippen LogP contribution in [-0.4, -0.2) is 10.1 Å². The van der Waals surface area contributed by atoms with Crippen molar-refractivity contribution in [2.24, 2.45) is 0 Å². The summed E-state index contributed by atoms with van der Waals surface area (Å²) in [6, 6.07) is 3.43. The molecular weight excluding hydrogens is 183 g/mol. The fourth-order valence-electron chi connectivity index (χ4n) is 0.842. The van der Waals surface area contributed by atoms with E-state index in [0.29, 0.717) is 0 Å². The van der Waals surface area contributed by atoms with Crippen molar-refractivity contribution in [2.75, 3.05) is 0 Å². The van der Waals surface area contributed by atoms with Gasteiger partial charge in [-0.25, -0.2) is 4.98 Å². The minimum Gasteiger partial charge on any atom is -0.387 e. The second kappa shape index (κ2) is 3.33. The van der Waals surface area contributed by atoms with Gasteiger partial charge in [0.15, 0.2) is 0 Å². The molecule has 0 saturated carbocycles. The van der Waals surface area contributed by atoms with E-state index < -0.39 is 18.0 Å². The molecule has 0 aromatic carbocycles. The number of hydrogen-bond acceptors (Lipinski definition) is 2. The molecule has 5 heteroatoms. The highest BCUT2D eigenvalue weighted by Crippen LogP contribution is 2.28. The van der Waals surface area contributed by atoms with Crippen molar-refractivity contribution in [3.63, 3.8) is 0 Å². The van der Waals surface area contributed by atoms with Crippen LogP contribution in [0.25, 0.3) is 0 Å². The molecule has 0 bridgehead atoms. The number of nitrogens with zero attached hydrogens (tertiary/aromatic N) is 1. The molecule has 0 aliphatic rings. The van der Waals surface area contributed by atoms with Crippen molar-refractivity contribution in [3.8, 4) is 0 Å². The molecule has 0 spiro atoms. The third-order valence-electron chi connectivity index (χ3n) is 1.49. The first-order valence-corrected chi connectivity index (χ1v) is 3.63. The molecule has 0 aliphatic heterocycles. The van der Waals surface area contributed by atoms with Gasteiger partial charge >= 0.3 is 6.18 Å². The first-order chi connectivity index (χ1) is 5.91. The minimum absolute atomic E-state index is 0.0230. The number of aromatic nitrogens is 1. The molecule has 1 unspecified atom stereocenters. The van der Waals surface area contributed by atoms with Crippen LogP contribution in [0.5, 0.6) is 0 Å². The van der Waals surface area contributed by atoms with Gasteiger partial charge in [0.1, 0.15) is 5.69 Å². The molecule has 0 aliphatic carbocycles. The Labute approximate surface area is 73.0 Å². The quantitative estimate of drug-likeness (QED) is 0.737. The summed E-state index contributed by atoms with van der Waals surface area (Å²) in [5.41, 5.74) is -0.958. The molecule has 0 fully saturated rings. The Bertz CT molecular complexity index is 296. The summed E-state index contributed by atoms with van der Waals surface area (Å²) in [6.07, 6.45) is -5.44. The lowest BCUT2D eigenvalue weighted by Gasteiger charge is -2.08. The van der Waals surface area contributed by atoms with Crippen LogP contribution in [0, 0.1) is 0 Å². The summed E-state index contributed by atoms with van der Waals surface area (Å²) in [4.78, 5) is 3.27. The van der Waals surface area contributed by atoms with Gasteiger partial charge in [0, 0.05) is 0 Å². The molecule has 1 aromatic rings. The molecule has 0 saturated heterocycles. The Hall–Kier alpha value is -1.10. The molecule has 2 nitrogen and oxygen atoms in total. The van der Waals surface area contributed by atoms with Gasteiger partial charge in [0.2, 0.25) is 0 Å². The summed E-state index contributed by atoms with van der Waals surface area (Å²) in [6.45, 7) is 1.36. The van der Waals surface area contributed by atoms with Crippen LogP contribution in [0.15, 0.2) is 18.2 Å². The van der Waals surface area contributed by atoms with Crippen LogP contribution in [0.2, 0.25) is 0 Å². The van der Waals surface area contributed by atoms with Crippen molar-refractivity contribution in [1.82, 2.24) is 4.98 Å². The topological polar surface area (TPSA) is 33.1 Å². The number of aliphatic hydroxyl groups is 1. The molecule has 0 amide bonds. The van der Waals surface area contributed by atoms with Gasteiger partial charge < -0.3 is 5.11 Å². The van der Waals surface area contributed by atoms with Crippen LogP contribution < -0.4 is 0 Å². The van der Waals surface area contributed by atoms with E-state index in [4.69, 9.17) is 5.11 Å². The van der Waals surface area contributed by atoms with Gasteiger partial charge in [-0.05, 0) is 19.1 Å². The van der Waals surface area contributed by atoms with Gasteiger partial charge in [-0.1, -0.05) is 6.07 Å². The lowest BCUT2D eigenvalue weighted by Crippen LogP contribution is -2.09. The molecule has 1 heterocycles. The smallest absolute Gasteiger partial charge is 0.387 e. The molecule has 1 rings (SSSR count). The number of alkyl halides is 3. The van der Waals surface area contributed by atoms with Crippen molar-refractivity contribution >= 4 is 0 Å². The Morgan fingerprint density at radius 1 is 1.38 bits per heavy atom. The lowest BCUT2D eigenvalue weighted by atomic mass is 10.2. The van der Waals surface area contributed by atoms with E-state index in [1.165, 1.54) is 19.1 Å². The minimum atomic E-state index is -4.45. The number of halogens is 3. The molecular formula is C8H8F3NO. The number of aliphatic hydroxyl groups excluding tert-OH is 1.